The van der Waals surface area contributed by atoms with E-state index in [1.54, 1.807) is 0 Å². The fourth-order valence-corrected chi connectivity index (χ4v) is 3.13. The summed E-state index contributed by atoms with van der Waals surface area (Å²) in [7, 11) is 0. The van der Waals surface area contributed by atoms with Crippen molar-refractivity contribution in [2.24, 2.45) is 0 Å². The van der Waals surface area contributed by atoms with Crippen LogP contribution in [0, 0.1) is 3.57 Å². The van der Waals surface area contributed by atoms with E-state index in [-0.39, 0.29) is 0 Å². The van der Waals surface area contributed by atoms with E-state index >= 15 is 0 Å². The second-order valence-corrected chi connectivity index (χ2v) is 6.20. The Morgan fingerprint density at radius 3 is 2.55 bits per heavy atom. The van der Waals surface area contributed by atoms with Gasteiger partial charge in [-0.3, -0.25) is 0 Å². The summed E-state index contributed by atoms with van der Waals surface area (Å²) in [6, 6.07) is 10.4. The van der Waals surface area contributed by atoms with Crippen molar-refractivity contribution < 1.29 is 0 Å². The van der Waals surface area contributed by atoms with Crippen molar-refractivity contribution >= 4 is 28.4 Å². The van der Waals surface area contributed by atoms with Gasteiger partial charge in [-0.15, -0.1) is 0 Å². The fourth-order valence-electron chi connectivity index (χ4n) is 2.39. The van der Waals surface area contributed by atoms with Crippen LogP contribution in [0.1, 0.15) is 37.9 Å². The van der Waals surface area contributed by atoms with Crippen molar-refractivity contribution in [2.75, 3.05) is 11.9 Å². The van der Waals surface area contributed by atoms with Gasteiger partial charge >= 0.3 is 0 Å². The van der Waals surface area contributed by atoms with Gasteiger partial charge in [0.25, 0.3) is 0 Å². The van der Waals surface area contributed by atoms with Crippen LogP contribution < -0.4 is 5.32 Å². The van der Waals surface area contributed by atoms with Crippen LogP contribution in [-0.2, 0) is 0 Å². The lowest BCUT2D eigenvalue weighted by Gasteiger charge is -2.25. The van der Waals surface area contributed by atoms with Crippen LogP contribution in [0.25, 0.3) is 11.3 Å². The number of anilines is 1. The van der Waals surface area contributed by atoms with Gasteiger partial charge in [0.15, 0.2) is 0 Å². The molecule has 1 aromatic heterocycles. The monoisotopic (exact) mass is 379 g/mol. The van der Waals surface area contributed by atoms with Crippen LogP contribution in [-0.4, -0.2) is 16.5 Å². The summed E-state index contributed by atoms with van der Waals surface area (Å²) in [6.07, 6.45) is 3.75. The predicted molar refractivity (Wildman–Crippen MR) is 90.9 cm³/mol. The van der Waals surface area contributed by atoms with Gasteiger partial charge in [0.05, 0.1) is 9.26 Å². The summed E-state index contributed by atoms with van der Waals surface area (Å²) < 4.78 is 1.11. The second kappa shape index (κ2) is 6.08. The third-order valence-electron chi connectivity index (χ3n) is 3.73. The molecule has 0 unspecified atom stereocenters. The summed E-state index contributed by atoms with van der Waals surface area (Å²) in [5.74, 6) is 2.53. The molecule has 3 rings (SSSR count). The van der Waals surface area contributed by atoms with E-state index in [9.17, 15) is 0 Å². The largest absolute Gasteiger partial charge is 0.369 e. The first-order valence-corrected chi connectivity index (χ1v) is 8.24. The molecule has 1 fully saturated rings. The fraction of sp³-hybridized carbons (Fsp3) is 0.375. The molecule has 1 saturated carbocycles. The summed E-state index contributed by atoms with van der Waals surface area (Å²) in [4.78, 5) is 9.59. The lowest BCUT2D eigenvalue weighted by molar-refractivity contribution is 0.402. The van der Waals surface area contributed by atoms with Gasteiger partial charge in [0.2, 0.25) is 0 Å². The first-order chi connectivity index (χ1) is 9.79. The zero-order valence-electron chi connectivity index (χ0n) is 11.6. The van der Waals surface area contributed by atoms with Crippen molar-refractivity contribution in [2.45, 2.75) is 32.1 Å². The van der Waals surface area contributed by atoms with Crippen molar-refractivity contribution in [1.82, 2.24) is 9.97 Å². The van der Waals surface area contributed by atoms with E-state index in [2.05, 4.69) is 59.1 Å². The Hall–Kier alpha value is -1.17. The number of benzene rings is 1. The average Bonchev–Trinajstić information content (AvgIpc) is 2.41. The molecule has 1 aliphatic carbocycles. The van der Waals surface area contributed by atoms with Gasteiger partial charge in [-0.25, -0.2) is 9.97 Å². The smallest absolute Gasteiger partial charge is 0.143 e. The molecule has 104 valence electrons. The lowest BCUT2D eigenvalue weighted by atomic mass is 9.85. The molecule has 0 radical (unpaired) electrons. The van der Waals surface area contributed by atoms with Crippen molar-refractivity contribution in [1.29, 1.82) is 0 Å². The minimum Gasteiger partial charge on any atom is -0.369 e. The van der Waals surface area contributed by atoms with E-state index in [1.165, 1.54) is 24.8 Å². The lowest BCUT2D eigenvalue weighted by Crippen LogP contribution is -2.16. The maximum atomic E-state index is 4.85. The molecule has 4 heteroatoms. The molecule has 1 N–H and O–H groups in total. The minimum absolute atomic E-state index is 0.548. The Bertz CT molecular complexity index is 594. The van der Waals surface area contributed by atoms with Crippen LogP contribution in [0.4, 0.5) is 5.82 Å². The zero-order chi connectivity index (χ0) is 13.9. The average molecular weight is 379 g/mol. The zero-order valence-corrected chi connectivity index (χ0v) is 13.7. The third kappa shape index (κ3) is 2.66. The molecular formula is C16H18IN3. The Balaban J connectivity index is 2.09. The molecule has 2 aromatic rings. The third-order valence-corrected chi connectivity index (χ3v) is 4.75. The number of hydrogen-bond donors (Lipinski definition) is 1. The van der Waals surface area contributed by atoms with Crippen LogP contribution in [0.2, 0.25) is 0 Å². The first-order valence-electron chi connectivity index (χ1n) is 7.16. The van der Waals surface area contributed by atoms with Gasteiger partial charge < -0.3 is 5.32 Å². The number of nitrogens with zero attached hydrogens (tertiary/aromatic N) is 2. The van der Waals surface area contributed by atoms with Crippen molar-refractivity contribution in [3.8, 4) is 11.3 Å². The van der Waals surface area contributed by atoms with Crippen LogP contribution >= 0.6 is 22.6 Å². The molecule has 1 aromatic carbocycles. The Morgan fingerprint density at radius 1 is 1.20 bits per heavy atom. The van der Waals surface area contributed by atoms with E-state index in [4.69, 9.17) is 9.97 Å². The highest BCUT2D eigenvalue weighted by Crippen LogP contribution is 2.37. The maximum absolute atomic E-state index is 4.85. The molecular weight excluding hydrogens is 361 g/mol. The van der Waals surface area contributed by atoms with E-state index < -0.39 is 0 Å². The maximum Gasteiger partial charge on any atom is 0.143 e. The Labute approximate surface area is 133 Å². The van der Waals surface area contributed by atoms with Gasteiger partial charge in [-0.05, 0) is 42.4 Å². The van der Waals surface area contributed by atoms with Crippen molar-refractivity contribution in [3.63, 3.8) is 0 Å². The summed E-state index contributed by atoms with van der Waals surface area (Å²) >= 11 is 2.35. The summed E-state index contributed by atoms with van der Waals surface area (Å²) in [6.45, 7) is 2.98. The minimum atomic E-state index is 0.548. The standard InChI is InChI=1S/C16H18IN3/c1-2-18-16-13(17)14(11-7-4-3-5-8-11)19-15(20-16)12-9-6-10-12/h3-5,7-8,12H,2,6,9-10H2,1H3,(H,18,19,20). The van der Waals surface area contributed by atoms with E-state index in [0.717, 1.165) is 27.5 Å². The quantitative estimate of drug-likeness (QED) is 0.798. The predicted octanol–water partition coefficient (Wildman–Crippen LogP) is 4.45. The topological polar surface area (TPSA) is 37.8 Å². The number of hydrogen-bond acceptors (Lipinski definition) is 3. The van der Waals surface area contributed by atoms with Crippen LogP contribution in [0.15, 0.2) is 30.3 Å². The van der Waals surface area contributed by atoms with Crippen LogP contribution in [0.5, 0.6) is 0 Å². The van der Waals surface area contributed by atoms with Gasteiger partial charge in [-0.1, -0.05) is 36.8 Å². The molecule has 1 aliphatic rings. The molecule has 20 heavy (non-hydrogen) atoms. The summed E-state index contributed by atoms with van der Waals surface area (Å²) in [5, 5.41) is 3.37. The number of aromatic nitrogens is 2. The number of halogens is 1. The molecule has 0 spiro atoms. The molecule has 0 amide bonds. The Kier molecular flexibility index (Phi) is 4.19. The molecule has 1 heterocycles. The molecule has 3 nitrogen and oxygen atoms in total. The van der Waals surface area contributed by atoms with Crippen LogP contribution in [0.3, 0.4) is 0 Å². The van der Waals surface area contributed by atoms with Gasteiger partial charge in [0, 0.05) is 18.0 Å². The highest BCUT2D eigenvalue weighted by atomic mass is 127. The van der Waals surface area contributed by atoms with Gasteiger partial charge in [0.1, 0.15) is 11.6 Å². The first kappa shape index (κ1) is 13.8. The molecule has 0 bridgehead atoms. The van der Waals surface area contributed by atoms with E-state index in [0.29, 0.717) is 5.92 Å². The highest BCUT2D eigenvalue weighted by Gasteiger charge is 2.24. The normalized spacial score (nSPS) is 14.9. The SMILES string of the molecule is CCNc1nc(C2CCC2)nc(-c2ccccc2)c1I. The summed E-state index contributed by atoms with van der Waals surface area (Å²) in [5.41, 5.74) is 2.22. The van der Waals surface area contributed by atoms with Gasteiger partial charge in [-0.2, -0.15) is 0 Å². The second-order valence-electron chi connectivity index (χ2n) is 5.12. The molecule has 0 saturated heterocycles. The number of rotatable bonds is 4. The molecule has 0 aliphatic heterocycles. The number of nitrogens with one attached hydrogen (secondary N) is 1. The van der Waals surface area contributed by atoms with Crippen molar-refractivity contribution in [3.05, 3.63) is 39.7 Å². The Morgan fingerprint density at radius 2 is 1.95 bits per heavy atom. The molecule has 0 atom stereocenters. The highest BCUT2D eigenvalue weighted by molar-refractivity contribution is 14.1. The van der Waals surface area contributed by atoms with E-state index in [1.807, 2.05) is 6.07 Å².